The van der Waals surface area contributed by atoms with Crippen molar-refractivity contribution in [2.24, 2.45) is 5.16 Å². The first kappa shape index (κ1) is 12.2. The lowest BCUT2D eigenvalue weighted by Crippen LogP contribution is -2.19. The van der Waals surface area contributed by atoms with Gasteiger partial charge in [-0.3, -0.25) is 4.79 Å². The highest BCUT2D eigenvalue weighted by Gasteiger charge is 2.17. The van der Waals surface area contributed by atoms with Crippen LogP contribution in [0.15, 0.2) is 29.4 Å². The van der Waals surface area contributed by atoms with Crippen molar-refractivity contribution < 1.29 is 10.0 Å². The Hall–Kier alpha value is -1.84. The molecule has 0 atom stereocenters. The maximum atomic E-state index is 11.3. The summed E-state index contributed by atoms with van der Waals surface area (Å²) in [5, 5.41) is 13.6. The molecule has 0 aliphatic rings. The Kier molecular flexibility index (Phi) is 3.66. The van der Waals surface area contributed by atoms with E-state index in [1.54, 1.807) is 0 Å². The summed E-state index contributed by atoms with van der Waals surface area (Å²) in [6.07, 6.45) is 0.833. The van der Waals surface area contributed by atoms with Gasteiger partial charge in [-0.05, 0) is 17.0 Å². The molecular formula is C12H16N2O2. The predicted molar refractivity (Wildman–Crippen MR) is 64.1 cm³/mol. The van der Waals surface area contributed by atoms with Gasteiger partial charge in [-0.15, -0.1) is 0 Å². The van der Waals surface area contributed by atoms with Crippen molar-refractivity contribution in [1.29, 1.82) is 0 Å². The second kappa shape index (κ2) is 4.79. The quantitative estimate of drug-likeness (QED) is 0.456. The number of para-hydroxylation sites is 1. The largest absolute Gasteiger partial charge is 0.411 e. The van der Waals surface area contributed by atoms with Gasteiger partial charge in [0.05, 0.1) is 0 Å². The molecule has 0 aliphatic heterocycles. The van der Waals surface area contributed by atoms with E-state index in [-0.39, 0.29) is 5.41 Å². The van der Waals surface area contributed by atoms with Crippen molar-refractivity contribution in [3.8, 4) is 0 Å². The lowest BCUT2D eigenvalue weighted by Gasteiger charge is -2.22. The van der Waals surface area contributed by atoms with Crippen molar-refractivity contribution in [3.63, 3.8) is 0 Å². The molecule has 1 rings (SSSR count). The van der Waals surface area contributed by atoms with E-state index >= 15 is 0 Å². The summed E-state index contributed by atoms with van der Waals surface area (Å²) in [6, 6.07) is 7.56. The van der Waals surface area contributed by atoms with E-state index in [2.05, 4.69) is 31.2 Å². The molecule has 0 heterocycles. The zero-order chi connectivity index (χ0) is 12.2. The lowest BCUT2D eigenvalue weighted by atomic mass is 9.86. The number of benzene rings is 1. The SMILES string of the molecule is CC(C)(C)c1ccccc1NC(=O)/C=N\O. The fourth-order valence-electron chi connectivity index (χ4n) is 1.46. The van der Waals surface area contributed by atoms with Crippen LogP contribution in [-0.2, 0) is 10.2 Å². The Balaban J connectivity index is 3.01. The Morgan fingerprint density at radius 1 is 1.38 bits per heavy atom. The normalized spacial score (nSPS) is 11.7. The molecule has 4 nitrogen and oxygen atoms in total. The summed E-state index contributed by atoms with van der Waals surface area (Å²) in [7, 11) is 0. The minimum atomic E-state index is -0.445. The van der Waals surface area contributed by atoms with Gasteiger partial charge in [0.1, 0.15) is 6.21 Å². The van der Waals surface area contributed by atoms with E-state index in [4.69, 9.17) is 5.21 Å². The van der Waals surface area contributed by atoms with E-state index in [0.717, 1.165) is 17.5 Å². The number of hydrogen-bond donors (Lipinski definition) is 2. The number of rotatable bonds is 2. The molecule has 0 saturated heterocycles. The zero-order valence-electron chi connectivity index (χ0n) is 9.69. The third-order valence-electron chi connectivity index (χ3n) is 2.17. The molecule has 0 fully saturated rings. The van der Waals surface area contributed by atoms with Crippen molar-refractivity contribution >= 4 is 17.8 Å². The first-order valence-corrected chi connectivity index (χ1v) is 5.03. The smallest absolute Gasteiger partial charge is 0.270 e. The van der Waals surface area contributed by atoms with Gasteiger partial charge in [-0.25, -0.2) is 0 Å². The molecule has 0 aromatic heterocycles. The number of hydrogen-bond acceptors (Lipinski definition) is 3. The summed E-state index contributed by atoms with van der Waals surface area (Å²) < 4.78 is 0. The van der Waals surface area contributed by atoms with Crippen LogP contribution in [0.5, 0.6) is 0 Å². The summed E-state index contributed by atoms with van der Waals surface area (Å²) in [5.74, 6) is -0.445. The maximum Gasteiger partial charge on any atom is 0.270 e. The van der Waals surface area contributed by atoms with E-state index in [1.807, 2.05) is 24.3 Å². The number of carbonyl (C=O) groups excluding carboxylic acids is 1. The van der Waals surface area contributed by atoms with Crippen molar-refractivity contribution in [3.05, 3.63) is 29.8 Å². The van der Waals surface area contributed by atoms with E-state index < -0.39 is 5.91 Å². The van der Waals surface area contributed by atoms with Crippen LogP contribution in [-0.4, -0.2) is 17.3 Å². The Morgan fingerprint density at radius 2 is 2.00 bits per heavy atom. The fourth-order valence-corrected chi connectivity index (χ4v) is 1.46. The standard InChI is InChI=1S/C12H16N2O2/c1-12(2,3)9-6-4-5-7-10(9)14-11(15)8-13-16/h4-8,16H,1-3H3,(H,14,15)/b13-8-. The topological polar surface area (TPSA) is 61.7 Å². The van der Waals surface area contributed by atoms with Gasteiger partial charge in [0.25, 0.3) is 5.91 Å². The molecule has 1 amide bonds. The Bertz CT molecular complexity index is 406. The minimum Gasteiger partial charge on any atom is -0.411 e. The number of nitrogens with zero attached hydrogens (tertiary/aromatic N) is 1. The molecule has 2 N–H and O–H groups in total. The second-order valence-corrected chi connectivity index (χ2v) is 4.53. The highest BCUT2D eigenvalue weighted by molar-refractivity contribution is 6.31. The summed E-state index contributed by atoms with van der Waals surface area (Å²) in [5.41, 5.74) is 1.72. The number of nitrogens with one attached hydrogen (secondary N) is 1. The van der Waals surface area contributed by atoms with Crippen molar-refractivity contribution in [2.75, 3.05) is 5.32 Å². The third-order valence-corrected chi connectivity index (χ3v) is 2.17. The zero-order valence-corrected chi connectivity index (χ0v) is 9.69. The van der Waals surface area contributed by atoms with Crippen molar-refractivity contribution in [2.45, 2.75) is 26.2 Å². The highest BCUT2D eigenvalue weighted by Crippen LogP contribution is 2.28. The number of oxime groups is 1. The maximum absolute atomic E-state index is 11.3. The van der Waals surface area contributed by atoms with Gasteiger partial charge in [-0.1, -0.05) is 44.1 Å². The van der Waals surface area contributed by atoms with Crippen LogP contribution in [0.1, 0.15) is 26.3 Å². The third kappa shape index (κ3) is 3.08. The molecule has 0 radical (unpaired) electrons. The van der Waals surface area contributed by atoms with E-state index in [1.165, 1.54) is 0 Å². The molecule has 0 saturated carbocycles. The lowest BCUT2D eigenvalue weighted by molar-refractivity contribution is -0.110. The van der Waals surface area contributed by atoms with E-state index in [9.17, 15) is 4.79 Å². The molecule has 0 bridgehead atoms. The van der Waals surface area contributed by atoms with Crippen LogP contribution in [0.4, 0.5) is 5.69 Å². The van der Waals surface area contributed by atoms with Crippen LogP contribution in [0, 0.1) is 0 Å². The average molecular weight is 220 g/mol. The monoisotopic (exact) mass is 220 g/mol. The molecule has 0 unspecified atom stereocenters. The van der Waals surface area contributed by atoms with Gasteiger partial charge >= 0.3 is 0 Å². The average Bonchev–Trinajstić information content (AvgIpc) is 2.17. The molecule has 86 valence electrons. The van der Waals surface area contributed by atoms with Crippen molar-refractivity contribution in [1.82, 2.24) is 0 Å². The number of amides is 1. The number of anilines is 1. The van der Waals surface area contributed by atoms with Gasteiger partial charge in [0.15, 0.2) is 0 Å². The minimum absolute atomic E-state index is 0.0553. The van der Waals surface area contributed by atoms with Crippen LogP contribution in [0.25, 0.3) is 0 Å². The van der Waals surface area contributed by atoms with Gasteiger partial charge in [0, 0.05) is 5.69 Å². The first-order chi connectivity index (χ1) is 7.45. The van der Waals surface area contributed by atoms with Gasteiger partial charge in [0.2, 0.25) is 0 Å². The Morgan fingerprint density at radius 3 is 2.56 bits per heavy atom. The first-order valence-electron chi connectivity index (χ1n) is 5.03. The highest BCUT2D eigenvalue weighted by atomic mass is 16.4. The van der Waals surface area contributed by atoms with Crippen LogP contribution in [0.3, 0.4) is 0 Å². The number of carbonyl (C=O) groups is 1. The van der Waals surface area contributed by atoms with Crippen LogP contribution >= 0.6 is 0 Å². The van der Waals surface area contributed by atoms with Gasteiger partial charge < -0.3 is 10.5 Å². The molecule has 16 heavy (non-hydrogen) atoms. The molecular weight excluding hydrogens is 204 g/mol. The van der Waals surface area contributed by atoms with E-state index in [0.29, 0.717) is 0 Å². The fraction of sp³-hybridized carbons (Fsp3) is 0.333. The second-order valence-electron chi connectivity index (χ2n) is 4.53. The molecule has 0 aliphatic carbocycles. The summed E-state index contributed by atoms with van der Waals surface area (Å²) in [6.45, 7) is 6.20. The van der Waals surface area contributed by atoms with Crippen LogP contribution in [0.2, 0.25) is 0 Å². The summed E-state index contributed by atoms with van der Waals surface area (Å²) in [4.78, 5) is 11.3. The summed E-state index contributed by atoms with van der Waals surface area (Å²) >= 11 is 0. The molecule has 1 aromatic carbocycles. The Labute approximate surface area is 95.0 Å². The van der Waals surface area contributed by atoms with Gasteiger partial charge in [-0.2, -0.15) is 0 Å². The molecule has 4 heteroatoms. The van der Waals surface area contributed by atoms with Crippen LogP contribution < -0.4 is 5.32 Å². The molecule has 0 spiro atoms. The molecule has 1 aromatic rings. The predicted octanol–water partition coefficient (Wildman–Crippen LogP) is 2.38.